The van der Waals surface area contributed by atoms with Crippen LogP contribution in [0.1, 0.15) is 128 Å². The zero-order valence-electron chi connectivity index (χ0n) is 26.1. The number of halogens is 2. The van der Waals surface area contributed by atoms with Crippen molar-refractivity contribution in [2.45, 2.75) is 129 Å². The molecule has 0 aliphatic rings. The molecule has 41 heavy (non-hydrogen) atoms. The van der Waals surface area contributed by atoms with Gasteiger partial charge in [0, 0.05) is 50.4 Å². The molecule has 5 nitrogen and oxygen atoms in total. The molecule has 1 heterocycles. The minimum absolute atomic E-state index is 0.0928. The lowest BCUT2D eigenvalue weighted by atomic mass is 10.0. The fourth-order valence-corrected chi connectivity index (χ4v) is 5.94. The highest BCUT2D eigenvalue weighted by molar-refractivity contribution is 6.18. The van der Waals surface area contributed by atoms with Crippen LogP contribution in [-0.2, 0) is 23.0 Å². The molecule has 0 spiro atoms. The van der Waals surface area contributed by atoms with Gasteiger partial charge in [-0.05, 0) is 31.0 Å². The number of hydrogen-bond acceptors (Lipinski definition) is 4. The van der Waals surface area contributed by atoms with E-state index in [1.54, 1.807) is 0 Å². The molecule has 7 heteroatoms. The molecule has 0 N–H and O–H groups in total. The number of fused-ring (bicyclic) bond motifs is 1. The van der Waals surface area contributed by atoms with Crippen molar-refractivity contribution in [3.05, 3.63) is 24.0 Å². The van der Waals surface area contributed by atoms with Crippen molar-refractivity contribution in [1.82, 2.24) is 9.55 Å². The number of carbonyl (C=O) groups excluding carboxylic acids is 1. The molecular weight excluding hydrogens is 553 g/mol. The SMILES string of the molecule is CCCCCCCCCCCCCCCCCCOC(=O)CCCc1nc2cc(N(CCCl)CCCl)ccc2n1C. The van der Waals surface area contributed by atoms with E-state index in [2.05, 4.69) is 34.6 Å². The van der Waals surface area contributed by atoms with Crippen LogP contribution >= 0.6 is 23.2 Å². The van der Waals surface area contributed by atoms with Gasteiger partial charge in [-0.3, -0.25) is 4.79 Å². The summed E-state index contributed by atoms with van der Waals surface area (Å²) in [5.41, 5.74) is 3.13. The molecule has 0 amide bonds. The van der Waals surface area contributed by atoms with E-state index >= 15 is 0 Å². The number of aromatic nitrogens is 2. The van der Waals surface area contributed by atoms with Crippen LogP contribution < -0.4 is 4.90 Å². The zero-order valence-corrected chi connectivity index (χ0v) is 27.6. The molecule has 0 radical (unpaired) electrons. The van der Waals surface area contributed by atoms with E-state index in [1.807, 2.05) is 7.05 Å². The van der Waals surface area contributed by atoms with E-state index in [0.717, 1.165) is 61.3 Å². The Bertz CT molecular complexity index is 943. The average molecular weight is 611 g/mol. The van der Waals surface area contributed by atoms with Crippen LogP contribution in [0.25, 0.3) is 11.0 Å². The lowest BCUT2D eigenvalue weighted by Gasteiger charge is -2.22. The van der Waals surface area contributed by atoms with Crippen LogP contribution in [0.15, 0.2) is 18.2 Å². The van der Waals surface area contributed by atoms with Crippen molar-refractivity contribution in [2.24, 2.45) is 7.05 Å². The van der Waals surface area contributed by atoms with Gasteiger partial charge >= 0.3 is 5.97 Å². The van der Waals surface area contributed by atoms with Crippen molar-refractivity contribution in [3.8, 4) is 0 Å². The predicted molar refractivity (Wildman–Crippen MR) is 178 cm³/mol. The quantitative estimate of drug-likeness (QED) is 0.0604. The smallest absolute Gasteiger partial charge is 0.305 e. The maximum Gasteiger partial charge on any atom is 0.305 e. The third kappa shape index (κ3) is 15.0. The maximum atomic E-state index is 12.2. The lowest BCUT2D eigenvalue weighted by Crippen LogP contribution is -2.27. The number of rotatable bonds is 26. The van der Waals surface area contributed by atoms with Gasteiger partial charge in [-0.25, -0.2) is 4.98 Å². The van der Waals surface area contributed by atoms with Gasteiger partial charge in [0.2, 0.25) is 0 Å². The van der Waals surface area contributed by atoms with E-state index < -0.39 is 0 Å². The van der Waals surface area contributed by atoms with Gasteiger partial charge in [0.25, 0.3) is 0 Å². The molecule has 2 aromatic rings. The van der Waals surface area contributed by atoms with E-state index in [0.29, 0.717) is 24.8 Å². The summed E-state index contributed by atoms with van der Waals surface area (Å²) in [6.45, 7) is 4.33. The molecule has 2 rings (SSSR count). The summed E-state index contributed by atoms with van der Waals surface area (Å²) < 4.78 is 7.60. The molecule has 0 bridgehead atoms. The van der Waals surface area contributed by atoms with E-state index in [9.17, 15) is 4.79 Å². The van der Waals surface area contributed by atoms with Crippen LogP contribution in [0.2, 0.25) is 0 Å². The normalized spacial score (nSPS) is 11.4. The summed E-state index contributed by atoms with van der Waals surface area (Å²) in [6, 6.07) is 6.30. The minimum atomic E-state index is -0.0928. The number of aryl methyl sites for hydroxylation is 2. The minimum Gasteiger partial charge on any atom is -0.466 e. The Balaban J connectivity index is 1.48. The first-order valence-corrected chi connectivity index (χ1v) is 17.7. The van der Waals surface area contributed by atoms with Gasteiger partial charge in [0.15, 0.2) is 0 Å². The Morgan fingerprint density at radius 3 is 1.88 bits per heavy atom. The van der Waals surface area contributed by atoms with E-state index in [4.69, 9.17) is 32.9 Å². The molecule has 0 atom stereocenters. The Morgan fingerprint density at radius 2 is 1.34 bits per heavy atom. The second-order valence-electron chi connectivity index (χ2n) is 11.5. The first-order chi connectivity index (χ1) is 20.1. The molecular formula is C34H57Cl2N3O2. The number of benzene rings is 1. The van der Waals surface area contributed by atoms with E-state index in [-0.39, 0.29) is 5.97 Å². The third-order valence-corrected chi connectivity index (χ3v) is 8.41. The molecule has 0 saturated heterocycles. The number of alkyl halides is 2. The molecule has 0 fully saturated rings. The molecule has 0 saturated carbocycles. The van der Waals surface area contributed by atoms with Crippen molar-refractivity contribution in [1.29, 1.82) is 0 Å². The van der Waals surface area contributed by atoms with Crippen LogP contribution in [0.3, 0.4) is 0 Å². The molecule has 234 valence electrons. The van der Waals surface area contributed by atoms with Gasteiger partial charge in [-0.1, -0.05) is 103 Å². The summed E-state index contributed by atoms with van der Waals surface area (Å²) >= 11 is 11.9. The molecule has 1 aromatic carbocycles. The molecule has 0 aliphatic carbocycles. The van der Waals surface area contributed by atoms with Crippen LogP contribution in [0.5, 0.6) is 0 Å². The highest BCUT2D eigenvalue weighted by Gasteiger charge is 2.12. The number of carbonyl (C=O) groups is 1. The Kier molecular flexibility index (Phi) is 20.1. The Morgan fingerprint density at radius 1 is 0.805 bits per heavy atom. The number of imidazole rings is 1. The zero-order chi connectivity index (χ0) is 29.5. The Labute approximate surface area is 260 Å². The highest BCUT2D eigenvalue weighted by Crippen LogP contribution is 2.23. The summed E-state index contributed by atoms with van der Waals surface area (Å²) in [4.78, 5) is 19.2. The number of esters is 1. The average Bonchev–Trinajstić information content (AvgIpc) is 3.28. The first-order valence-electron chi connectivity index (χ1n) is 16.6. The summed E-state index contributed by atoms with van der Waals surface area (Å²) in [5, 5.41) is 0. The van der Waals surface area contributed by atoms with Crippen LogP contribution in [0, 0.1) is 0 Å². The first kappa shape index (κ1) is 35.7. The maximum absolute atomic E-state index is 12.2. The van der Waals surface area contributed by atoms with E-state index in [1.165, 1.54) is 89.9 Å². The van der Waals surface area contributed by atoms with Crippen molar-refractivity contribution in [3.63, 3.8) is 0 Å². The van der Waals surface area contributed by atoms with Crippen molar-refractivity contribution < 1.29 is 9.53 Å². The highest BCUT2D eigenvalue weighted by atomic mass is 35.5. The molecule has 0 unspecified atom stereocenters. The largest absolute Gasteiger partial charge is 0.466 e. The number of anilines is 1. The lowest BCUT2D eigenvalue weighted by molar-refractivity contribution is -0.143. The van der Waals surface area contributed by atoms with Crippen LogP contribution in [0.4, 0.5) is 5.69 Å². The molecule has 0 aliphatic heterocycles. The number of unbranched alkanes of at least 4 members (excludes halogenated alkanes) is 15. The monoisotopic (exact) mass is 609 g/mol. The van der Waals surface area contributed by atoms with Crippen molar-refractivity contribution >= 4 is 45.9 Å². The van der Waals surface area contributed by atoms with Gasteiger partial charge in [-0.2, -0.15) is 0 Å². The summed E-state index contributed by atoms with van der Waals surface area (Å²) in [6.07, 6.45) is 23.5. The molecule has 1 aromatic heterocycles. The predicted octanol–water partition coefficient (Wildman–Crippen LogP) is 9.98. The number of ether oxygens (including phenoxy) is 1. The summed E-state index contributed by atoms with van der Waals surface area (Å²) in [7, 11) is 2.04. The Hall–Kier alpha value is -1.46. The van der Waals surface area contributed by atoms with Gasteiger partial charge < -0.3 is 14.2 Å². The topological polar surface area (TPSA) is 47.4 Å². The second-order valence-corrected chi connectivity index (χ2v) is 12.3. The second kappa shape index (κ2) is 23.1. The fraction of sp³-hybridized carbons (Fsp3) is 0.765. The van der Waals surface area contributed by atoms with Gasteiger partial charge in [-0.15, -0.1) is 23.2 Å². The number of hydrogen-bond donors (Lipinski definition) is 0. The van der Waals surface area contributed by atoms with Gasteiger partial charge in [0.1, 0.15) is 5.82 Å². The van der Waals surface area contributed by atoms with Crippen molar-refractivity contribution in [2.75, 3.05) is 36.4 Å². The fourth-order valence-electron chi connectivity index (χ4n) is 5.53. The van der Waals surface area contributed by atoms with Gasteiger partial charge in [0.05, 0.1) is 17.6 Å². The summed E-state index contributed by atoms with van der Waals surface area (Å²) in [5.74, 6) is 2.00. The third-order valence-electron chi connectivity index (χ3n) is 8.07. The van der Waals surface area contributed by atoms with Crippen LogP contribution in [-0.4, -0.2) is 47.0 Å². The standard InChI is InChI=1S/C34H57Cl2N3O2/c1-3-4-5-6-7-8-9-10-11-12-13-14-15-16-17-18-28-41-34(40)21-19-20-33-37-31-29-30(22-23-32(31)38(33)2)39(26-24-35)27-25-36/h22-23,29H,3-21,24-28H2,1-2H3. The number of nitrogens with zero attached hydrogens (tertiary/aromatic N) is 3.